The lowest BCUT2D eigenvalue weighted by atomic mass is 9.86. The average molecular weight is 489 g/mol. The zero-order valence-corrected chi connectivity index (χ0v) is 18.3. The van der Waals surface area contributed by atoms with Gasteiger partial charge in [0.2, 0.25) is 10.0 Å². The summed E-state index contributed by atoms with van der Waals surface area (Å²) < 4.78 is 39.1. The lowest BCUT2D eigenvalue weighted by Gasteiger charge is -2.22. The number of hydrogen-bond donors (Lipinski definition) is 1. The van der Waals surface area contributed by atoms with E-state index in [2.05, 4.69) is 25.5 Å². The van der Waals surface area contributed by atoms with E-state index in [0.29, 0.717) is 5.75 Å². The quantitative estimate of drug-likeness (QED) is 0.473. The monoisotopic (exact) mass is 489 g/mol. The van der Waals surface area contributed by atoms with Crippen LogP contribution >= 0.6 is 22.6 Å². The standard InChI is InChI=1S/C19H24INO4S/c1-19(2,3)15-7-5-6-8-17(15)25-12-11-21-26(22,23)14-9-10-18(24-4)16(20)13-14/h5-10,13,21H,11-12H2,1-4H3. The first-order valence-electron chi connectivity index (χ1n) is 8.20. The van der Waals surface area contributed by atoms with E-state index in [0.717, 1.165) is 14.9 Å². The van der Waals surface area contributed by atoms with E-state index >= 15 is 0 Å². The number of hydrogen-bond acceptors (Lipinski definition) is 4. The summed E-state index contributed by atoms with van der Waals surface area (Å²) in [7, 11) is -2.04. The van der Waals surface area contributed by atoms with Crippen molar-refractivity contribution in [3.63, 3.8) is 0 Å². The Labute approximate surface area is 169 Å². The van der Waals surface area contributed by atoms with Crippen LogP contribution in [0.1, 0.15) is 26.3 Å². The highest BCUT2D eigenvalue weighted by atomic mass is 127. The van der Waals surface area contributed by atoms with Crippen LogP contribution in [0.4, 0.5) is 0 Å². The van der Waals surface area contributed by atoms with E-state index in [4.69, 9.17) is 9.47 Å². The second kappa shape index (κ2) is 8.58. The molecular weight excluding hydrogens is 465 g/mol. The summed E-state index contributed by atoms with van der Waals surface area (Å²) >= 11 is 2.05. The molecule has 0 spiro atoms. The van der Waals surface area contributed by atoms with Crippen LogP contribution in [0.25, 0.3) is 0 Å². The minimum atomic E-state index is -3.59. The SMILES string of the molecule is COc1ccc(S(=O)(=O)NCCOc2ccccc2C(C)(C)C)cc1I. The minimum Gasteiger partial charge on any atom is -0.496 e. The Balaban J connectivity index is 1.99. The third kappa shape index (κ3) is 5.34. The molecule has 0 heterocycles. The third-order valence-corrected chi connectivity index (χ3v) is 6.08. The molecule has 142 valence electrons. The molecule has 0 saturated heterocycles. The molecule has 0 unspecified atom stereocenters. The van der Waals surface area contributed by atoms with Crippen molar-refractivity contribution in [1.29, 1.82) is 0 Å². The molecule has 0 aliphatic carbocycles. The molecule has 0 amide bonds. The summed E-state index contributed by atoms with van der Waals surface area (Å²) in [6, 6.07) is 12.6. The first-order chi connectivity index (χ1) is 12.1. The summed E-state index contributed by atoms with van der Waals surface area (Å²) in [6.45, 7) is 6.78. The summed E-state index contributed by atoms with van der Waals surface area (Å²) in [4.78, 5) is 0.206. The van der Waals surface area contributed by atoms with Gasteiger partial charge in [-0.25, -0.2) is 13.1 Å². The van der Waals surface area contributed by atoms with Crippen molar-refractivity contribution in [2.24, 2.45) is 0 Å². The van der Waals surface area contributed by atoms with E-state index in [-0.39, 0.29) is 23.5 Å². The van der Waals surface area contributed by atoms with Crippen molar-refractivity contribution in [2.75, 3.05) is 20.3 Å². The highest BCUT2D eigenvalue weighted by Gasteiger charge is 2.19. The van der Waals surface area contributed by atoms with Crippen LogP contribution in [-0.2, 0) is 15.4 Å². The van der Waals surface area contributed by atoms with Crippen molar-refractivity contribution in [2.45, 2.75) is 31.1 Å². The molecule has 2 aromatic carbocycles. The number of nitrogens with one attached hydrogen (secondary N) is 1. The predicted molar refractivity (Wildman–Crippen MR) is 112 cm³/mol. The summed E-state index contributed by atoms with van der Waals surface area (Å²) in [5.74, 6) is 1.42. The van der Waals surface area contributed by atoms with Crippen LogP contribution in [-0.4, -0.2) is 28.7 Å². The Morgan fingerprint density at radius 3 is 2.38 bits per heavy atom. The molecule has 0 radical (unpaired) electrons. The van der Waals surface area contributed by atoms with Gasteiger partial charge < -0.3 is 9.47 Å². The molecule has 1 N–H and O–H groups in total. The zero-order valence-electron chi connectivity index (χ0n) is 15.4. The van der Waals surface area contributed by atoms with Crippen LogP contribution in [0, 0.1) is 3.57 Å². The maximum atomic E-state index is 12.4. The van der Waals surface area contributed by atoms with Gasteiger partial charge in [-0.1, -0.05) is 39.0 Å². The second-order valence-electron chi connectivity index (χ2n) is 6.79. The van der Waals surface area contributed by atoms with Crippen molar-refractivity contribution in [1.82, 2.24) is 4.72 Å². The smallest absolute Gasteiger partial charge is 0.240 e. The second-order valence-corrected chi connectivity index (χ2v) is 9.72. The van der Waals surface area contributed by atoms with Gasteiger partial charge in [-0.05, 0) is 57.8 Å². The number of methoxy groups -OCH3 is 1. The van der Waals surface area contributed by atoms with Gasteiger partial charge in [0.15, 0.2) is 0 Å². The molecule has 0 aromatic heterocycles. The van der Waals surface area contributed by atoms with Gasteiger partial charge in [0, 0.05) is 6.54 Å². The largest absolute Gasteiger partial charge is 0.496 e. The van der Waals surface area contributed by atoms with Gasteiger partial charge >= 0.3 is 0 Å². The van der Waals surface area contributed by atoms with Gasteiger partial charge in [0.1, 0.15) is 18.1 Å². The van der Waals surface area contributed by atoms with Gasteiger partial charge in [-0.3, -0.25) is 0 Å². The molecule has 0 aliphatic rings. The Bertz CT molecular complexity index is 860. The van der Waals surface area contributed by atoms with E-state index in [1.807, 2.05) is 46.9 Å². The molecule has 0 aliphatic heterocycles. The first kappa shape index (κ1) is 21.0. The fourth-order valence-corrected chi connectivity index (χ4v) is 4.43. The van der Waals surface area contributed by atoms with Crippen LogP contribution in [0.2, 0.25) is 0 Å². The summed E-state index contributed by atoms with van der Waals surface area (Å²) in [5, 5.41) is 0. The fourth-order valence-electron chi connectivity index (χ4n) is 2.45. The molecule has 0 atom stereocenters. The Morgan fingerprint density at radius 1 is 1.08 bits per heavy atom. The van der Waals surface area contributed by atoms with E-state index in [1.165, 1.54) is 6.07 Å². The predicted octanol–water partition coefficient (Wildman–Crippen LogP) is 3.95. The normalized spacial score (nSPS) is 12.0. The third-order valence-electron chi connectivity index (χ3n) is 3.78. The molecule has 26 heavy (non-hydrogen) atoms. The van der Waals surface area contributed by atoms with E-state index < -0.39 is 10.0 Å². The molecule has 7 heteroatoms. The van der Waals surface area contributed by atoms with Gasteiger partial charge in [0.25, 0.3) is 0 Å². The highest BCUT2D eigenvalue weighted by molar-refractivity contribution is 14.1. The first-order valence-corrected chi connectivity index (χ1v) is 10.8. The van der Waals surface area contributed by atoms with Crippen LogP contribution in [0.15, 0.2) is 47.4 Å². The van der Waals surface area contributed by atoms with Crippen molar-refractivity contribution in [3.8, 4) is 11.5 Å². The number of ether oxygens (including phenoxy) is 2. The van der Waals surface area contributed by atoms with Crippen LogP contribution in [0.3, 0.4) is 0 Å². The Hall–Kier alpha value is -1.32. The molecule has 0 saturated carbocycles. The highest BCUT2D eigenvalue weighted by Crippen LogP contribution is 2.30. The lowest BCUT2D eigenvalue weighted by molar-refractivity contribution is 0.314. The number of para-hydroxylation sites is 1. The van der Waals surface area contributed by atoms with E-state index in [9.17, 15) is 8.42 Å². The fraction of sp³-hybridized carbons (Fsp3) is 0.368. The maximum absolute atomic E-state index is 12.4. The number of halogens is 1. The molecule has 2 aromatic rings. The average Bonchev–Trinajstić information content (AvgIpc) is 2.58. The summed E-state index contributed by atoms with van der Waals surface area (Å²) in [5.41, 5.74) is 1.04. The lowest BCUT2D eigenvalue weighted by Crippen LogP contribution is -2.28. The number of rotatable bonds is 7. The van der Waals surface area contributed by atoms with E-state index in [1.54, 1.807) is 19.2 Å². The topological polar surface area (TPSA) is 64.6 Å². The number of benzene rings is 2. The Kier molecular flexibility index (Phi) is 6.92. The van der Waals surface area contributed by atoms with Gasteiger partial charge in [-0.15, -0.1) is 0 Å². The molecule has 0 bridgehead atoms. The summed E-state index contributed by atoms with van der Waals surface area (Å²) in [6.07, 6.45) is 0. The number of sulfonamides is 1. The molecule has 2 rings (SSSR count). The van der Waals surface area contributed by atoms with Crippen molar-refractivity contribution >= 4 is 32.6 Å². The molecular formula is C19H24INO4S. The Morgan fingerprint density at radius 2 is 1.77 bits per heavy atom. The van der Waals surface area contributed by atoms with Gasteiger partial charge in [-0.2, -0.15) is 0 Å². The maximum Gasteiger partial charge on any atom is 0.240 e. The molecule has 5 nitrogen and oxygen atoms in total. The van der Waals surface area contributed by atoms with Gasteiger partial charge in [0.05, 0.1) is 15.6 Å². The molecule has 0 fully saturated rings. The van der Waals surface area contributed by atoms with Crippen molar-refractivity contribution in [3.05, 3.63) is 51.6 Å². The van der Waals surface area contributed by atoms with Crippen molar-refractivity contribution < 1.29 is 17.9 Å². The van der Waals surface area contributed by atoms with Crippen LogP contribution in [0.5, 0.6) is 11.5 Å². The zero-order chi connectivity index (χ0) is 19.4. The van der Waals surface area contributed by atoms with Crippen LogP contribution < -0.4 is 14.2 Å². The minimum absolute atomic E-state index is 0.0458.